The second-order valence-corrected chi connectivity index (χ2v) is 8.15. The summed E-state index contributed by atoms with van der Waals surface area (Å²) in [6, 6.07) is 0.128. The van der Waals surface area contributed by atoms with Gasteiger partial charge in [0.25, 0.3) is 10.0 Å². The minimum absolute atomic E-state index is 0.111. The third-order valence-corrected chi connectivity index (χ3v) is 6.61. The Morgan fingerprint density at radius 1 is 1.48 bits per heavy atom. The van der Waals surface area contributed by atoms with Gasteiger partial charge < -0.3 is 5.32 Å². The molecule has 8 heteroatoms. The second kappa shape index (κ2) is 5.87. The average molecular weight is 333 g/mol. The van der Waals surface area contributed by atoms with E-state index in [0.717, 1.165) is 38.8 Å². The van der Waals surface area contributed by atoms with Gasteiger partial charge in [-0.05, 0) is 44.7 Å². The van der Waals surface area contributed by atoms with Crippen molar-refractivity contribution in [2.75, 3.05) is 19.6 Å². The van der Waals surface area contributed by atoms with Crippen LogP contribution >= 0.6 is 11.6 Å². The van der Waals surface area contributed by atoms with Crippen molar-refractivity contribution in [1.82, 2.24) is 19.4 Å². The SMILES string of the molecule is Cn1ncc(Cl)c1S(=O)(=O)N(CC1CCCNC1)C1CC1. The molecule has 6 nitrogen and oxygen atoms in total. The molecule has 1 aliphatic carbocycles. The van der Waals surface area contributed by atoms with Crippen LogP contribution < -0.4 is 5.32 Å². The molecule has 2 fully saturated rings. The highest BCUT2D eigenvalue weighted by atomic mass is 35.5. The van der Waals surface area contributed by atoms with Gasteiger partial charge in [0.1, 0.15) is 0 Å². The van der Waals surface area contributed by atoms with E-state index >= 15 is 0 Å². The van der Waals surface area contributed by atoms with Crippen LogP contribution in [0.15, 0.2) is 11.2 Å². The molecule has 1 atom stereocenters. The molecule has 1 aromatic heterocycles. The number of aryl methyl sites for hydroxylation is 1. The van der Waals surface area contributed by atoms with Gasteiger partial charge in [-0.3, -0.25) is 4.68 Å². The number of nitrogens with zero attached hydrogens (tertiary/aromatic N) is 3. The Bertz CT molecular complexity index is 586. The fourth-order valence-corrected chi connectivity index (χ4v) is 5.31. The molecule has 1 saturated carbocycles. The molecule has 0 bridgehead atoms. The van der Waals surface area contributed by atoms with E-state index in [1.807, 2.05) is 0 Å². The van der Waals surface area contributed by atoms with E-state index in [-0.39, 0.29) is 16.1 Å². The molecule has 0 aromatic carbocycles. The molecule has 21 heavy (non-hydrogen) atoms. The Labute approximate surface area is 130 Å². The van der Waals surface area contributed by atoms with E-state index in [9.17, 15) is 8.42 Å². The van der Waals surface area contributed by atoms with Crippen molar-refractivity contribution in [2.24, 2.45) is 13.0 Å². The standard InChI is InChI=1S/C13H21ClN4O2S/c1-17-13(12(14)8-16-17)21(19,20)18(11-4-5-11)9-10-3-2-6-15-7-10/h8,10-11,15H,2-7,9H2,1H3. The average Bonchev–Trinajstić information content (AvgIpc) is 3.22. The lowest BCUT2D eigenvalue weighted by Crippen LogP contribution is -2.42. The normalized spacial score (nSPS) is 23.7. The molecule has 0 amide bonds. The van der Waals surface area contributed by atoms with Crippen molar-refractivity contribution >= 4 is 21.6 Å². The summed E-state index contributed by atoms with van der Waals surface area (Å²) < 4.78 is 28.9. The zero-order valence-corrected chi connectivity index (χ0v) is 13.7. The van der Waals surface area contributed by atoms with Crippen LogP contribution in [0.5, 0.6) is 0 Å². The van der Waals surface area contributed by atoms with Crippen LogP contribution in [-0.2, 0) is 17.1 Å². The molecule has 1 aromatic rings. The van der Waals surface area contributed by atoms with Gasteiger partial charge in [-0.2, -0.15) is 9.40 Å². The summed E-state index contributed by atoms with van der Waals surface area (Å²) in [5, 5.41) is 7.61. The fourth-order valence-electron chi connectivity index (χ4n) is 2.94. The topological polar surface area (TPSA) is 67.2 Å². The highest BCUT2D eigenvalue weighted by molar-refractivity contribution is 7.89. The van der Waals surface area contributed by atoms with E-state index in [1.165, 1.54) is 10.9 Å². The molecule has 2 aliphatic rings. The summed E-state index contributed by atoms with van der Waals surface area (Å²) in [4.78, 5) is 0. The zero-order chi connectivity index (χ0) is 15.0. The second-order valence-electron chi connectivity index (χ2n) is 5.94. The highest BCUT2D eigenvalue weighted by Gasteiger charge is 2.41. The maximum Gasteiger partial charge on any atom is 0.262 e. The van der Waals surface area contributed by atoms with E-state index in [4.69, 9.17) is 11.6 Å². The van der Waals surface area contributed by atoms with Crippen LogP contribution in [0.25, 0.3) is 0 Å². The summed E-state index contributed by atoms with van der Waals surface area (Å²) in [7, 11) is -1.96. The molecule has 1 N–H and O–H groups in total. The number of hydrogen-bond donors (Lipinski definition) is 1. The molecule has 1 unspecified atom stereocenters. The Balaban J connectivity index is 1.86. The van der Waals surface area contributed by atoms with Gasteiger partial charge in [-0.15, -0.1) is 0 Å². The Morgan fingerprint density at radius 2 is 2.24 bits per heavy atom. The van der Waals surface area contributed by atoms with Gasteiger partial charge >= 0.3 is 0 Å². The van der Waals surface area contributed by atoms with Crippen LogP contribution in [0.1, 0.15) is 25.7 Å². The number of aromatic nitrogens is 2. The number of halogens is 1. The lowest BCUT2D eigenvalue weighted by molar-refractivity contribution is 0.285. The van der Waals surface area contributed by atoms with Crippen LogP contribution in [0.4, 0.5) is 0 Å². The predicted octanol–water partition coefficient (Wildman–Crippen LogP) is 1.23. The quantitative estimate of drug-likeness (QED) is 0.880. The first kappa shape index (κ1) is 15.3. The van der Waals surface area contributed by atoms with Crippen molar-refractivity contribution in [1.29, 1.82) is 0 Å². The molecule has 0 spiro atoms. The third-order valence-electron chi connectivity index (χ3n) is 4.19. The lowest BCUT2D eigenvalue weighted by Gasteiger charge is -2.29. The van der Waals surface area contributed by atoms with Crippen molar-refractivity contribution in [3.8, 4) is 0 Å². The van der Waals surface area contributed by atoms with Gasteiger partial charge in [0.2, 0.25) is 0 Å². The number of sulfonamides is 1. The molecule has 1 aliphatic heterocycles. The molecule has 0 radical (unpaired) electrons. The lowest BCUT2D eigenvalue weighted by atomic mass is 10.00. The van der Waals surface area contributed by atoms with Crippen molar-refractivity contribution in [2.45, 2.75) is 36.8 Å². The van der Waals surface area contributed by atoms with Crippen molar-refractivity contribution in [3.63, 3.8) is 0 Å². The third kappa shape index (κ3) is 3.11. The Hall–Kier alpha value is -0.630. The fraction of sp³-hybridized carbons (Fsp3) is 0.769. The number of nitrogens with one attached hydrogen (secondary N) is 1. The summed E-state index contributed by atoms with van der Waals surface area (Å²) in [6.45, 7) is 2.49. The number of hydrogen-bond acceptors (Lipinski definition) is 4. The minimum Gasteiger partial charge on any atom is -0.316 e. The maximum absolute atomic E-state index is 13.0. The van der Waals surface area contributed by atoms with Crippen LogP contribution in [0.3, 0.4) is 0 Å². The maximum atomic E-state index is 13.0. The molecule has 2 heterocycles. The van der Waals surface area contributed by atoms with E-state index < -0.39 is 10.0 Å². The van der Waals surface area contributed by atoms with Crippen LogP contribution in [-0.4, -0.2) is 48.2 Å². The number of piperidine rings is 1. The molecular formula is C13H21ClN4O2S. The van der Waals surface area contributed by atoms with Gasteiger partial charge in [-0.25, -0.2) is 8.42 Å². The van der Waals surface area contributed by atoms with Crippen molar-refractivity contribution in [3.05, 3.63) is 11.2 Å². The minimum atomic E-state index is -3.58. The molecule has 1 saturated heterocycles. The van der Waals surface area contributed by atoms with Crippen molar-refractivity contribution < 1.29 is 8.42 Å². The van der Waals surface area contributed by atoms with Gasteiger partial charge in [0, 0.05) is 19.6 Å². The first-order valence-corrected chi connectivity index (χ1v) is 9.22. The van der Waals surface area contributed by atoms with E-state index in [1.54, 1.807) is 11.4 Å². The number of rotatable bonds is 5. The van der Waals surface area contributed by atoms with E-state index in [0.29, 0.717) is 12.5 Å². The van der Waals surface area contributed by atoms with Gasteiger partial charge in [-0.1, -0.05) is 11.6 Å². The Morgan fingerprint density at radius 3 is 2.76 bits per heavy atom. The smallest absolute Gasteiger partial charge is 0.262 e. The van der Waals surface area contributed by atoms with Crippen LogP contribution in [0, 0.1) is 5.92 Å². The molecule has 118 valence electrons. The monoisotopic (exact) mass is 332 g/mol. The first-order valence-electron chi connectivity index (χ1n) is 7.40. The molecule has 3 rings (SSSR count). The van der Waals surface area contributed by atoms with Gasteiger partial charge in [0.05, 0.1) is 11.2 Å². The zero-order valence-electron chi connectivity index (χ0n) is 12.1. The van der Waals surface area contributed by atoms with Gasteiger partial charge in [0.15, 0.2) is 5.03 Å². The first-order chi connectivity index (χ1) is 10.00. The summed E-state index contributed by atoms with van der Waals surface area (Å²) in [6.07, 6.45) is 5.45. The van der Waals surface area contributed by atoms with E-state index in [2.05, 4.69) is 10.4 Å². The summed E-state index contributed by atoms with van der Waals surface area (Å²) >= 11 is 6.04. The molecular weight excluding hydrogens is 312 g/mol. The van der Waals surface area contributed by atoms with Crippen LogP contribution in [0.2, 0.25) is 5.02 Å². The summed E-state index contributed by atoms with van der Waals surface area (Å²) in [5.41, 5.74) is 0. The predicted molar refractivity (Wildman–Crippen MR) is 80.7 cm³/mol. The summed E-state index contributed by atoms with van der Waals surface area (Å²) in [5.74, 6) is 0.376. The largest absolute Gasteiger partial charge is 0.316 e. The highest BCUT2D eigenvalue weighted by Crippen LogP contribution is 2.35. The Kier molecular flexibility index (Phi) is 4.27.